The Hall–Kier alpha value is -3.68. The number of H-pyrrole nitrogens is 1. The fourth-order valence-corrected chi connectivity index (χ4v) is 2.50. The van der Waals surface area contributed by atoms with E-state index in [1.54, 1.807) is 0 Å². The minimum absolute atomic E-state index is 0.220. The Morgan fingerprint density at radius 2 is 2.08 bits per heavy atom. The fraction of sp³-hybridized carbons (Fsp3) is 0.0588. The Labute approximate surface area is 141 Å². The second-order valence-electron chi connectivity index (χ2n) is 5.37. The molecule has 1 aromatic heterocycles. The van der Waals surface area contributed by atoms with E-state index in [2.05, 4.69) is 15.5 Å². The van der Waals surface area contributed by atoms with Crippen molar-refractivity contribution in [2.45, 2.75) is 6.92 Å². The highest BCUT2D eigenvalue weighted by atomic mass is 16.6. The lowest BCUT2D eigenvalue weighted by molar-refractivity contribution is -0.384. The summed E-state index contributed by atoms with van der Waals surface area (Å²) >= 11 is 0. The first kappa shape index (κ1) is 16.2. The van der Waals surface area contributed by atoms with Gasteiger partial charge in [0.05, 0.1) is 16.7 Å². The van der Waals surface area contributed by atoms with Crippen molar-refractivity contribution >= 4 is 28.7 Å². The molecule has 8 heteroatoms. The zero-order chi connectivity index (χ0) is 18.0. The minimum atomic E-state index is -0.741. The number of nitro groups is 1. The number of fused-ring (bicyclic) bond motifs is 1. The van der Waals surface area contributed by atoms with Gasteiger partial charge in [-0.05, 0) is 19.1 Å². The highest BCUT2D eigenvalue weighted by Crippen LogP contribution is 2.23. The molecule has 0 spiro atoms. The summed E-state index contributed by atoms with van der Waals surface area (Å²) in [5.41, 5.74) is 4.41. The number of nitrogens with zero attached hydrogens (tertiary/aromatic N) is 2. The number of aromatic hydroxyl groups is 1. The molecule has 0 radical (unpaired) electrons. The maximum absolute atomic E-state index is 12.1. The van der Waals surface area contributed by atoms with Crippen molar-refractivity contribution in [3.63, 3.8) is 0 Å². The molecular weight excluding hydrogens is 324 g/mol. The monoisotopic (exact) mass is 338 g/mol. The number of aromatic amines is 1. The highest BCUT2D eigenvalue weighted by molar-refractivity contribution is 6.02. The molecule has 25 heavy (non-hydrogen) atoms. The average molecular weight is 338 g/mol. The van der Waals surface area contributed by atoms with Crippen molar-refractivity contribution in [2.75, 3.05) is 0 Å². The average Bonchev–Trinajstić information content (AvgIpc) is 2.90. The van der Waals surface area contributed by atoms with E-state index in [0.717, 1.165) is 40.4 Å². The summed E-state index contributed by atoms with van der Waals surface area (Å²) in [5, 5.41) is 25.3. The van der Waals surface area contributed by atoms with Crippen LogP contribution in [0, 0.1) is 17.0 Å². The number of nitrogens with one attached hydrogen (secondary N) is 2. The van der Waals surface area contributed by atoms with Crippen LogP contribution in [-0.2, 0) is 0 Å². The van der Waals surface area contributed by atoms with Gasteiger partial charge in [0, 0.05) is 34.3 Å². The molecule has 126 valence electrons. The summed E-state index contributed by atoms with van der Waals surface area (Å²) in [7, 11) is 0. The summed E-state index contributed by atoms with van der Waals surface area (Å²) in [6, 6.07) is 10.9. The number of hydrazone groups is 1. The van der Waals surface area contributed by atoms with Gasteiger partial charge in [-0.25, -0.2) is 5.43 Å². The summed E-state index contributed by atoms with van der Waals surface area (Å²) < 4.78 is 0. The normalized spacial score (nSPS) is 11.1. The SMILES string of the molecule is Cc1[nH]c2ccccc2c1/C=N\NC(=O)c1cc([N+](=O)[O-])ccc1O. The zero-order valence-corrected chi connectivity index (χ0v) is 13.2. The molecule has 0 unspecified atom stereocenters. The topological polar surface area (TPSA) is 121 Å². The number of carbonyl (C=O) groups excluding carboxylic acids is 1. The molecule has 0 aliphatic rings. The number of aryl methyl sites for hydroxylation is 1. The number of rotatable bonds is 4. The third kappa shape index (κ3) is 3.18. The van der Waals surface area contributed by atoms with Gasteiger partial charge in [-0.2, -0.15) is 5.10 Å². The van der Waals surface area contributed by atoms with Crippen LogP contribution in [0.3, 0.4) is 0 Å². The van der Waals surface area contributed by atoms with E-state index in [4.69, 9.17) is 0 Å². The molecule has 3 N–H and O–H groups in total. The fourth-order valence-electron chi connectivity index (χ4n) is 2.50. The van der Waals surface area contributed by atoms with E-state index in [0.29, 0.717) is 0 Å². The van der Waals surface area contributed by atoms with Gasteiger partial charge in [-0.1, -0.05) is 18.2 Å². The Morgan fingerprint density at radius 3 is 2.84 bits per heavy atom. The summed E-state index contributed by atoms with van der Waals surface area (Å²) in [6.07, 6.45) is 1.49. The second kappa shape index (κ2) is 6.44. The molecule has 0 saturated carbocycles. The van der Waals surface area contributed by atoms with Crippen LogP contribution in [0.1, 0.15) is 21.6 Å². The lowest BCUT2D eigenvalue weighted by atomic mass is 10.1. The number of non-ortho nitro benzene ring substituents is 1. The molecule has 3 aromatic rings. The van der Waals surface area contributed by atoms with Crippen molar-refractivity contribution in [1.29, 1.82) is 0 Å². The molecule has 8 nitrogen and oxygen atoms in total. The molecule has 0 aliphatic heterocycles. The number of aromatic nitrogens is 1. The van der Waals surface area contributed by atoms with Gasteiger partial charge in [0.15, 0.2) is 0 Å². The maximum atomic E-state index is 12.1. The molecule has 2 aromatic carbocycles. The molecule has 0 aliphatic carbocycles. The van der Waals surface area contributed by atoms with Crippen LogP contribution in [-0.4, -0.2) is 27.1 Å². The Kier molecular flexibility index (Phi) is 4.17. The van der Waals surface area contributed by atoms with Crippen LogP contribution >= 0.6 is 0 Å². The smallest absolute Gasteiger partial charge is 0.275 e. The van der Waals surface area contributed by atoms with E-state index in [9.17, 15) is 20.0 Å². The Bertz CT molecular complexity index is 1010. The molecule has 0 bridgehead atoms. The van der Waals surface area contributed by atoms with Gasteiger partial charge in [0.25, 0.3) is 11.6 Å². The van der Waals surface area contributed by atoms with E-state index >= 15 is 0 Å². The molecular formula is C17H14N4O4. The van der Waals surface area contributed by atoms with Crippen molar-refractivity contribution < 1.29 is 14.8 Å². The van der Waals surface area contributed by atoms with Gasteiger partial charge in [-0.15, -0.1) is 0 Å². The molecule has 0 fully saturated rings. The number of hydrogen-bond acceptors (Lipinski definition) is 5. The number of para-hydroxylation sites is 1. The van der Waals surface area contributed by atoms with Crippen LogP contribution in [0.15, 0.2) is 47.6 Å². The van der Waals surface area contributed by atoms with Crippen LogP contribution in [0.2, 0.25) is 0 Å². The van der Waals surface area contributed by atoms with Crippen LogP contribution in [0.25, 0.3) is 10.9 Å². The van der Waals surface area contributed by atoms with Crippen molar-refractivity contribution in [1.82, 2.24) is 10.4 Å². The summed E-state index contributed by atoms with van der Waals surface area (Å²) in [5.74, 6) is -1.10. The van der Waals surface area contributed by atoms with Gasteiger partial charge in [-0.3, -0.25) is 14.9 Å². The van der Waals surface area contributed by atoms with Gasteiger partial charge < -0.3 is 10.1 Å². The molecule has 0 saturated heterocycles. The van der Waals surface area contributed by atoms with E-state index in [-0.39, 0.29) is 17.0 Å². The molecule has 3 rings (SSSR count). The van der Waals surface area contributed by atoms with Crippen LogP contribution in [0.4, 0.5) is 5.69 Å². The third-order valence-corrected chi connectivity index (χ3v) is 3.74. The van der Waals surface area contributed by atoms with Crippen molar-refractivity contribution in [3.8, 4) is 5.75 Å². The predicted octanol–water partition coefficient (Wildman–Crippen LogP) is 2.85. The number of phenols is 1. The van der Waals surface area contributed by atoms with Crippen molar-refractivity contribution in [2.24, 2.45) is 5.10 Å². The Morgan fingerprint density at radius 1 is 1.32 bits per heavy atom. The third-order valence-electron chi connectivity index (χ3n) is 3.74. The number of benzene rings is 2. The van der Waals surface area contributed by atoms with Crippen molar-refractivity contribution in [3.05, 3.63) is 69.4 Å². The van der Waals surface area contributed by atoms with Crippen LogP contribution in [0.5, 0.6) is 5.75 Å². The van der Waals surface area contributed by atoms with E-state index in [1.165, 1.54) is 6.21 Å². The maximum Gasteiger partial charge on any atom is 0.275 e. The molecule has 1 amide bonds. The quantitative estimate of drug-likeness (QED) is 0.385. The van der Waals surface area contributed by atoms with E-state index in [1.807, 2.05) is 31.2 Å². The van der Waals surface area contributed by atoms with Gasteiger partial charge in [0.1, 0.15) is 5.75 Å². The van der Waals surface area contributed by atoms with Gasteiger partial charge >= 0.3 is 0 Å². The summed E-state index contributed by atoms with van der Waals surface area (Å²) in [4.78, 5) is 25.4. The first-order valence-corrected chi connectivity index (χ1v) is 7.35. The minimum Gasteiger partial charge on any atom is -0.507 e. The van der Waals surface area contributed by atoms with Crippen LogP contribution < -0.4 is 5.43 Å². The largest absolute Gasteiger partial charge is 0.507 e. The lowest BCUT2D eigenvalue weighted by Crippen LogP contribution is -2.18. The number of nitro benzene ring substituents is 1. The highest BCUT2D eigenvalue weighted by Gasteiger charge is 2.16. The van der Waals surface area contributed by atoms with E-state index < -0.39 is 10.8 Å². The lowest BCUT2D eigenvalue weighted by Gasteiger charge is -2.02. The predicted molar refractivity (Wildman–Crippen MR) is 92.9 cm³/mol. The number of hydrogen-bond donors (Lipinski definition) is 3. The number of phenolic OH excluding ortho intramolecular Hbond substituents is 1. The zero-order valence-electron chi connectivity index (χ0n) is 13.2. The number of amides is 1. The Balaban J connectivity index is 1.82. The second-order valence-corrected chi connectivity index (χ2v) is 5.37. The standard InChI is InChI=1S/C17H14N4O4/c1-10-14(12-4-2-3-5-15(12)19-10)9-18-20-17(23)13-8-11(21(24)25)6-7-16(13)22/h2-9,19,22H,1H3,(H,20,23)/b18-9-. The number of carbonyl (C=O) groups is 1. The summed E-state index contributed by atoms with van der Waals surface area (Å²) in [6.45, 7) is 1.88. The first-order chi connectivity index (χ1) is 12.0. The molecule has 0 atom stereocenters. The molecule has 1 heterocycles. The first-order valence-electron chi connectivity index (χ1n) is 7.35. The van der Waals surface area contributed by atoms with Gasteiger partial charge in [0.2, 0.25) is 0 Å².